The van der Waals surface area contributed by atoms with Crippen molar-refractivity contribution in [3.63, 3.8) is 0 Å². The highest BCUT2D eigenvalue weighted by Crippen LogP contribution is 2.11. The van der Waals surface area contributed by atoms with E-state index in [9.17, 15) is 0 Å². The Balaban J connectivity index is 2.34. The van der Waals surface area contributed by atoms with Gasteiger partial charge in [-0.1, -0.05) is 30.3 Å². The van der Waals surface area contributed by atoms with Crippen molar-refractivity contribution in [3.8, 4) is 0 Å². The van der Waals surface area contributed by atoms with Gasteiger partial charge < -0.3 is 5.43 Å². The Bertz CT molecular complexity index is 308. The van der Waals surface area contributed by atoms with Gasteiger partial charge in [0.15, 0.2) is 0 Å². The van der Waals surface area contributed by atoms with Crippen LogP contribution in [0.1, 0.15) is 5.56 Å². The Morgan fingerprint density at radius 1 is 1.50 bits per heavy atom. The maximum atomic E-state index is 7.51. The SMILES string of the molecule is CN/N=C\C(=N)SCc1ccccc1. The van der Waals surface area contributed by atoms with Crippen LogP contribution in [-0.2, 0) is 5.75 Å². The summed E-state index contributed by atoms with van der Waals surface area (Å²) < 4.78 is 0. The summed E-state index contributed by atoms with van der Waals surface area (Å²) in [5.74, 6) is 0.815. The van der Waals surface area contributed by atoms with Crippen LogP contribution in [0.3, 0.4) is 0 Å². The molecule has 14 heavy (non-hydrogen) atoms. The summed E-state index contributed by atoms with van der Waals surface area (Å²) in [6, 6.07) is 10.1. The Labute approximate surface area is 88.1 Å². The molecule has 0 heterocycles. The van der Waals surface area contributed by atoms with Gasteiger partial charge in [0.1, 0.15) is 5.04 Å². The second-order valence-electron chi connectivity index (χ2n) is 2.62. The summed E-state index contributed by atoms with van der Waals surface area (Å²) >= 11 is 1.46. The van der Waals surface area contributed by atoms with Crippen molar-refractivity contribution >= 4 is 23.0 Å². The van der Waals surface area contributed by atoms with Crippen LogP contribution in [-0.4, -0.2) is 18.3 Å². The Kier molecular flexibility index (Phi) is 4.78. The van der Waals surface area contributed by atoms with Gasteiger partial charge in [-0.05, 0) is 5.56 Å². The van der Waals surface area contributed by atoms with Gasteiger partial charge in [-0.2, -0.15) is 5.10 Å². The van der Waals surface area contributed by atoms with E-state index in [1.54, 1.807) is 7.05 Å². The van der Waals surface area contributed by atoms with Gasteiger partial charge in [0, 0.05) is 12.8 Å². The highest BCUT2D eigenvalue weighted by Gasteiger charge is 1.95. The molecule has 0 amide bonds. The number of benzene rings is 1. The lowest BCUT2D eigenvalue weighted by atomic mass is 10.2. The molecule has 1 rings (SSSR count). The molecule has 0 aliphatic rings. The van der Waals surface area contributed by atoms with Crippen molar-refractivity contribution < 1.29 is 0 Å². The molecule has 3 nitrogen and oxygen atoms in total. The van der Waals surface area contributed by atoms with Crippen molar-refractivity contribution in [1.29, 1.82) is 5.41 Å². The number of hydrogen-bond acceptors (Lipinski definition) is 4. The molecule has 0 fully saturated rings. The monoisotopic (exact) mass is 207 g/mol. The molecule has 0 aliphatic carbocycles. The van der Waals surface area contributed by atoms with E-state index in [0.717, 1.165) is 5.75 Å². The molecule has 1 aromatic rings. The maximum absolute atomic E-state index is 7.51. The molecule has 0 unspecified atom stereocenters. The van der Waals surface area contributed by atoms with Crippen molar-refractivity contribution in [2.45, 2.75) is 5.75 Å². The normalized spacial score (nSPS) is 10.4. The molecule has 0 spiro atoms. The highest BCUT2D eigenvalue weighted by molar-refractivity contribution is 8.14. The number of hydrogen-bond donors (Lipinski definition) is 2. The van der Waals surface area contributed by atoms with Gasteiger partial charge in [0.2, 0.25) is 0 Å². The molecule has 0 atom stereocenters. The van der Waals surface area contributed by atoms with E-state index in [2.05, 4.69) is 22.7 Å². The van der Waals surface area contributed by atoms with Crippen LogP contribution in [0, 0.1) is 5.41 Å². The minimum Gasteiger partial charge on any atom is -0.313 e. The lowest BCUT2D eigenvalue weighted by Gasteiger charge is -1.98. The molecule has 1 aromatic carbocycles. The summed E-state index contributed by atoms with van der Waals surface area (Å²) in [4.78, 5) is 0. The van der Waals surface area contributed by atoms with Crippen molar-refractivity contribution in [3.05, 3.63) is 35.9 Å². The minimum atomic E-state index is 0.461. The second-order valence-corrected chi connectivity index (χ2v) is 3.64. The fourth-order valence-electron chi connectivity index (χ4n) is 0.896. The van der Waals surface area contributed by atoms with E-state index >= 15 is 0 Å². The number of rotatable bonds is 4. The maximum Gasteiger partial charge on any atom is 0.108 e. The Morgan fingerprint density at radius 2 is 2.21 bits per heavy atom. The predicted octanol–water partition coefficient (Wildman–Crippen LogP) is 2.10. The fourth-order valence-corrected chi connectivity index (χ4v) is 1.54. The first-order valence-corrected chi connectivity index (χ1v) is 5.26. The highest BCUT2D eigenvalue weighted by atomic mass is 32.2. The van der Waals surface area contributed by atoms with Crippen LogP contribution >= 0.6 is 11.8 Å². The van der Waals surface area contributed by atoms with Crippen LogP contribution in [0.5, 0.6) is 0 Å². The first-order valence-electron chi connectivity index (χ1n) is 4.28. The lowest BCUT2D eigenvalue weighted by Crippen LogP contribution is -1.99. The first kappa shape index (κ1) is 10.8. The number of hydrazone groups is 1. The van der Waals surface area contributed by atoms with Crippen LogP contribution in [0.2, 0.25) is 0 Å². The molecular formula is C10H13N3S. The smallest absolute Gasteiger partial charge is 0.108 e. The number of nitrogens with zero attached hydrogens (tertiary/aromatic N) is 1. The van der Waals surface area contributed by atoms with Gasteiger partial charge in [-0.3, -0.25) is 5.41 Å². The molecule has 0 saturated carbocycles. The van der Waals surface area contributed by atoms with Crippen LogP contribution in [0.15, 0.2) is 35.4 Å². The topological polar surface area (TPSA) is 48.2 Å². The van der Waals surface area contributed by atoms with Gasteiger partial charge in [0.25, 0.3) is 0 Å². The Hall–Kier alpha value is -1.29. The van der Waals surface area contributed by atoms with E-state index in [1.807, 2.05) is 18.2 Å². The van der Waals surface area contributed by atoms with Gasteiger partial charge in [-0.25, -0.2) is 0 Å². The van der Waals surface area contributed by atoms with E-state index in [0.29, 0.717) is 5.04 Å². The van der Waals surface area contributed by atoms with Gasteiger partial charge in [0.05, 0.1) is 6.21 Å². The zero-order valence-electron chi connectivity index (χ0n) is 8.03. The number of nitrogens with one attached hydrogen (secondary N) is 2. The molecule has 0 saturated heterocycles. The van der Waals surface area contributed by atoms with Crippen LogP contribution < -0.4 is 5.43 Å². The molecule has 0 aliphatic heterocycles. The molecular weight excluding hydrogens is 194 g/mol. The van der Waals surface area contributed by atoms with E-state index in [1.165, 1.54) is 23.5 Å². The van der Waals surface area contributed by atoms with Crippen LogP contribution in [0.25, 0.3) is 0 Å². The molecule has 0 radical (unpaired) electrons. The third-order valence-electron chi connectivity index (χ3n) is 1.55. The summed E-state index contributed by atoms with van der Waals surface area (Å²) in [5, 5.41) is 11.7. The van der Waals surface area contributed by atoms with E-state index in [-0.39, 0.29) is 0 Å². The zero-order chi connectivity index (χ0) is 10.2. The first-order chi connectivity index (χ1) is 6.83. The molecule has 74 valence electrons. The van der Waals surface area contributed by atoms with E-state index in [4.69, 9.17) is 5.41 Å². The summed E-state index contributed by atoms with van der Waals surface area (Å²) in [5.41, 5.74) is 3.83. The Morgan fingerprint density at radius 3 is 2.86 bits per heavy atom. The second kappa shape index (κ2) is 6.21. The van der Waals surface area contributed by atoms with Crippen molar-refractivity contribution in [2.75, 3.05) is 7.05 Å². The lowest BCUT2D eigenvalue weighted by molar-refractivity contribution is 0.910. The summed E-state index contributed by atoms with van der Waals surface area (Å²) in [6.45, 7) is 0. The van der Waals surface area contributed by atoms with Crippen molar-refractivity contribution in [2.24, 2.45) is 5.10 Å². The quantitative estimate of drug-likeness (QED) is 0.451. The third kappa shape index (κ3) is 4.09. The van der Waals surface area contributed by atoms with Gasteiger partial charge >= 0.3 is 0 Å². The van der Waals surface area contributed by atoms with Gasteiger partial charge in [-0.15, -0.1) is 11.8 Å². The molecule has 2 N–H and O–H groups in total. The predicted molar refractivity (Wildman–Crippen MR) is 63.0 cm³/mol. The fraction of sp³-hybridized carbons (Fsp3) is 0.200. The third-order valence-corrected chi connectivity index (χ3v) is 2.44. The average molecular weight is 207 g/mol. The van der Waals surface area contributed by atoms with Crippen molar-refractivity contribution in [1.82, 2.24) is 5.43 Å². The summed E-state index contributed by atoms with van der Waals surface area (Å²) in [7, 11) is 1.71. The van der Waals surface area contributed by atoms with E-state index < -0.39 is 0 Å². The average Bonchev–Trinajstić information content (AvgIpc) is 2.25. The molecule has 4 heteroatoms. The van der Waals surface area contributed by atoms with Crippen LogP contribution in [0.4, 0.5) is 0 Å². The largest absolute Gasteiger partial charge is 0.313 e. The summed E-state index contributed by atoms with van der Waals surface area (Å²) in [6.07, 6.45) is 1.51. The number of thioether (sulfide) groups is 1. The standard InChI is InChI=1S/C10H13N3S/c1-12-13-7-10(11)14-8-9-5-3-2-4-6-9/h2-7,11-12H,8H2,1H3/b11-10?,13-7-. The molecule has 0 bridgehead atoms. The molecule has 0 aromatic heterocycles. The zero-order valence-corrected chi connectivity index (χ0v) is 8.84. The minimum absolute atomic E-state index is 0.461.